The molecule has 0 N–H and O–H groups in total. The van der Waals surface area contributed by atoms with Crippen molar-refractivity contribution in [3.8, 4) is 11.5 Å². The van der Waals surface area contributed by atoms with Gasteiger partial charge in [0.1, 0.15) is 11.5 Å². The first-order chi connectivity index (χ1) is 12.6. The van der Waals surface area contributed by atoms with Gasteiger partial charge in [-0.3, -0.25) is 9.59 Å². The second-order valence-corrected chi connectivity index (χ2v) is 14.6. The van der Waals surface area contributed by atoms with Gasteiger partial charge in [-0.05, 0) is 48.8 Å². The highest BCUT2D eigenvalue weighted by atomic mass is 28.4. The molecule has 0 heterocycles. The molecule has 1 rings (SSSR count). The Morgan fingerprint density at radius 1 is 1.04 bits per heavy atom. The van der Waals surface area contributed by atoms with E-state index in [1.54, 1.807) is 20.1 Å². The molecule has 0 aliphatic rings. The van der Waals surface area contributed by atoms with E-state index in [9.17, 15) is 9.59 Å². The van der Waals surface area contributed by atoms with Crippen LogP contribution in [0, 0.1) is 11.3 Å². The first-order valence-electron chi connectivity index (χ1n) is 9.73. The lowest BCUT2D eigenvalue weighted by molar-refractivity contribution is -0.135. The first kappa shape index (κ1) is 24.2. The van der Waals surface area contributed by atoms with Gasteiger partial charge in [0.05, 0.1) is 13.0 Å². The molecule has 1 atom stereocenters. The van der Waals surface area contributed by atoms with Gasteiger partial charge in [-0.1, -0.05) is 53.7 Å². The zero-order valence-electron chi connectivity index (χ0n) is 19.1. The minimum atomic E-state index is -1.98. The van der Waals surface area contributed by atoms with Gasteiger partial charge in [0.25, 0.3) is 8.32 Å². The molecule has 1 aromatic carbocycles. The number of methoxy groups -OCH3 is 1. The van der Waals surface area contributed by atoms with Crippen LogP contribution in [0.3, 0.4) is 0 Å². The second-order valence-electron chi connectivity index (χ2n) is 9.84. The first-order valence-corrected chi connectivity index (χ1v) is 12.6. The fourth-order valence-electron chi connectivity index (χ4n) is 2.40. The largest absolute Gasteiger partial charge is 0.541 e. The Kier molecular flexibility index (Phi) is 7.45. The van der Waals surface area contributed by atoms with Crippen molar-refractivity contribution in [3.05, 3.63) is 29.8 Å². The van der Waals surface area contributed by atoms with Crippen molar-refractivity contribution in [3.63, 3.8) is 0 Å². The van der Waals surface area contributed by atoms with Crippen LogP contribution in [0.1, 0.15) is 54.0 Å². The van der Waals surface area contributed by atoms with Crippen molar-refractivity contribution in [2.75, 3.05) is 7.11 Å². The third kappa shape index (κ3) is 6.06. The van der Waals surface area contributed by atoms with E-state index in [4.69, 9.17) is 9.16 Å². The molecule has 5 heteroatoms. The summed E-state index contributed by atoms with van der Waals surface area (Å²) >= 11 is 0. The molecule has 0 aliphatic heterocycles. The molecule has 156 valence electrons. The fourth-order valence-corrected chi connectivity index (χ4v) is 3.43. The second kappa shape index (κ2) is 8.64. The average Bonchev–Trinajstić information content (AvgIpc) is 2.57. The lowest BCUT2D eigenvalue weighted by Crippen LogP contribution is -2.43. The number of carbonyl (C=O) groups excluding carboxylic acids is 2. The molecule has 28 heavy (non-hydrogen) atoms. The summed E-state index contributed by atoms with van der Waals surface area (Å²) in [5, 5.41) is 0.0821. The van der Waals surface area contributed by atoms with E-state index in [1.807, 2.05) is 39.0 Å². The quantitative estimate of drug-likeness (QED) is 0.322. The van der Waals surface area contributed by atoms with Gasteiger partial charge in [0.15, 0.2) is 11.5 Å². The van der Waals surface area contributed by atoms with Crippen LogP contribution < -0.4 is 9.16 Å². The maximum Gasteiger partial charge on any atom is 0.250 e. The smallest absolute Gasteiger partial charge is 0.250 e. The number of Topliss-reactive ketones (excluding diaryl/α,β-unsaturated/α-hetero) is 1. The summed E-state index contributed by atoms with van der Waals surface area (Å²) < 4.78 is 11.9. The predicted octanol–water partition coefficient (Wildman–Crippen LogP) is 5.91. The van der Waals surface area contributed by atoms with E-state index in [2.05, 4.69) is 33.9 Å². The highest BCUT2D eigenvalue weighted by molar-refractivity contribution is 6.74. The van der Waals surface area contributed by atoms with Gasteiger partial charge in [0, 0.05) is 5.41 Å². The number of rotatable bonds is 7. The molecule has 0 saturated heterocycles. The Morgan fingerprint density at radius 2 is 1.61 bits per heavy atom. The predicted molar refractivity (Wildman–Crippen MR) is 118 cm³/mol. The van der Waals surface area contributed by atoms with Crippen LogP contribution in [-0.4, -0.2) is 27.0 Å². The van der Waals surface area contributed by atoms with E-state index in [-0.39, 0.29) is 16.6 Å². The van der Waals surface area contributed by atoms with E-state index in [1.165, 1.54) is 6.08 Å². The summed E-state index contributed by atoms with van der Waals surface area (Å²) in [6.07, 6.45) is 3.19. The molecule has 0 radical (unpaired) electrons. The fraction of sp³-hybridized carbons (Fsp3) is 0.565. The Balaban J connectivity index is 3.02. The normalized spacial score (nSPS) is 14.1. The van der Waals surface area contributed by atoms with Crippen LogP contribution in [0.5, 0.6) is 11.5 Å². The van der Waals surface area contributed by atoms with Gasteiger partial charge in [-0.15, -0.1) is 0 Å². The van der Waals surface area contributed by atoms with Crippen molar-refractivity contribution in [2.24, 2.45) is 11.3 Å². The van der Waals surface area contributed by atoms with Crippen LogP contribution in [0.2, 0.25) is 18.1 Å². The van der Waals surface area contributed by atoms with Gasteiger partial charge in [-0.25, -0.2) is 0 Å². The Bertz CT molecular complexity index is 749. The molecule has 0 amide bonds. The lowest BCUT2D eigenvalue weighted by atomic mass is 9.82. The van der Waals surface area contributed by atoms with Gasteiger partial charge in [-0.2, -0.15) is 0 Å². The van der Waals surface area contributed by atoms with Crippen LogP contribution >= 0.6 is 0 Å². The summed E-state index contributed by atoms with van der Waals surface area (Å²) in [6, 6.07) is 5.63. The van der Waals surface area contributed by atoms with Crippen molar-refractivity contribution >= 4 is 26.0 Å². The zero-order valence-corrected chi connectivity index (χ0v) is 20.1. The maximum atomic E-state index is 12.4. The van der Waals surface area contributed by atoms with Gasteiger partial charge < -0.3 is 9.16 Å². The number of ether oxygens (including phenoxy) is 1. The molecule has 0 saturated carbocycles. The average molecular weight is 405 g/mol. The van der Waals surface area contributed by atoms with Crippen LogP contribution in [0.25, 0.3) is 6.08 Å². The number of benzene rings is 1. The molecule has 0 aliphatic carbocycles. The molecule has 1 aromatic rings. The van der Waals surface area contributed by atoms with Gasteiger partial charge in [0.2, 0.25) is 0 Å². The van der Waals surface area contributed by atoms with Crippen molar-refractivity contribution in [1.82, 2.24) is 0 Å². The van der Waals surface area contributed by atoms with E-state index < -0.39 is 19.7 Å². The molecular formula is C23H36O4Si. The SMILES string of the molecule is COc1cc(C=CC(=O)C(C)C(=O)C(C)(C)C)ccc1O[Si](C)(C)C(C)(C)C. The minimum Gasteiger partial charge on any atom is -0.541 e. The van der Waals surface area contributed by atoms with Crippen LogP contribution in [0.15, 0.2) is 24.3 Å². The number of ketones is 2. The molecule has 1 unspecified atom stereocenters. The summed E-state index contributed by atoms with van der Waals surface area (Å²) in [5.74, 6) is 0.449. The third-order valence-corrected chi connectivity index (χ3v) is 9.70. The number of hydrogen-bond acceptors (Lipinski definition) is 4. The Morgan fingerprint density at radius 3 is 2.07 bits per heavy atom. The minimum absolute atomic E-state index is 0.0575. The standard InChI is InChI=1S/C23H36O4Si/c1-16(21(25)22(2,3)4)18(24)13-11-17-12-14-19(20(15-17)26-8)27-28(9,10)23(5,6)7/h11-16H,1-10H3. The van der Waals surface area contributed by atoms with E-state index in [0.29, 0.717) is 11.5 Å². The molecular weight excluding hydrogens is 368 g/mol. The van der Waals surface area contributed by atoms with Crippen molar-refractivity contribution < 1.29 is 18.8 Å². The summed E-state index contributed by atoms with van der Waals surface area (Å²) in [5.41, 5.74) is 0.290. The number of carbonyl (C=O) groups is 2. The molecule has 0 spiro atoms. The van der Waals surface area contributed by atoms with Crippen LogP contribution in [0.4, 0.5) is 0 Å². The van der Waals surface area contributed by atoms with Crippen molar-refractivity contribution in [2.45, 2.75) is 66.6 Å². The molecule has 0 fully saturated rings. The highest BCUT2D eigenvalue weighted by Crippen LogP contribution is 2.40. The Labute approximate surface area is 171 Å². The maximum absolute atomic E-state index is 12.4. The van der Waals surface area contributed by atoms with Crippen molar-refractivity contribution in [1.29, 1.82) is 0 Å². The zero-order chi connectivity index (χ0) is 21.9. The number of hydrogen-bond donors (Lipinski definition) is 0. The van der Waals surface area contributed by atoms with Crippen LogP contribution in [-0.2, 0) is 9.59 Å². The molecule has 0 aromatic heterocycles. The Hall–Kier alpha value is -1.88. The summed E-state index contributed by atoms with van der Waals surface area (Å²) in [7, 11) is -0.375. The summed E-state index contributed by atoms with van der Waals surface area (Å²) in [6.45, 7) is 18.1. The van der Waals surface area contributed by atoms with E-state index >= 15 is 0 Å². The third-order valence-electron chi connectivity index (χ3n) is 5.36. The van der Waals surface area contributed by atoms with E-state index in [0.717, 1.165) is 5.56 Å². The summed E-state index contributed by atoms with van der Waals surface area (Å²) in [4.78, 5) is 24.7. The topological polar surface area (TPSA) is 52.6 Å². The number of allylic oxidation sites excluding steroid dienone is 1. The lowest BCUT2D eigenvalue weighted by Gasteiger charge is -2.36. The molecule has 4 nitrogen and oxygen atoms in total. The highest BCUT2D eigenvalue weighted by Gasteiger charge is 2.39. The monoisotopic (exact) mass is 404 g/mol. The molecule has 0 bridgehead atoms. The van der Waals surface area contributed by atoms with Gasteiger partial charge >= 0.3 is 0 Å².